The highest BCUT2D eigenvalue weighted by molar-refractivity contribution is 5.85. The summed E-state index contributed by atoms with van der Waals surface area (Å²) in [5, 5.41) is 21.4. The minimum atomic E-state index is -0.520. The maximum Gasteiger partial charge on any atom is 0.434 e. The molecule has 0 atom stereocenters. The molecule has 3 heterocycles. The third-order valence-electron chi connectivity index (χ3n) is 6.20. The summed E-state index contributed by atoms with van der Waals surface area (Å²) in [5.41, 5.74) is 2.45. The highest BCUT2D eigenvalue weighted by Gasteiger charge is 2.25. The van der Waals surface area contributed by atoms with Crippen LogP contribution in [0.25, 0.3) is 10.9 Å². The molecule has 1 saturated heterocycles. The van der Waals surface area contributed by atoms with E-state index in [1.807, 2.05) is 30.1 Å². The summed E-state index contributed by atoms with van der Waals surface area (Å²) in [4.78, 5) is 19.1. The Hall–Kier alpha value is -3.64. The predicted molar refractivity (Wildman–Crippen MR) is 120 cm³/mol. The van der Waals surface area contributed by atoms with Crippen molar-refractivity contribution in [1.82, 2.24) is 9.88 Å². The Kier molecular flexibility index (Phi) is 6.23. The zero-order valence-electron chi connectivity index (χ0n) is 18.2. The van der Waals surface area contributed by atoms with Crippen molar-refractivity contribution >= 4 is 22.7 Å². The molecule has 166 valence electrons. The van der Waals surface area contributed by atoms with Gasteiger partial charge in [0.05, 0.1) is 24.3 Å². The number of nitrogens with zero attached hydrogens (tertiary/aromatic N) is 5. The number of nitriles is 1. The van der Waals surface area contributed by atoms with Gasteiger partial charge in [0.2, 0.25) is 5.88 Å². The second-order valence-corrected chi connectivity index (χ2v) is 7.95. The molecule has 0 radical (unpaired) electrons. The van der Waals surface area contributed by atoms with Crippen LogP contribution in [0, 0.1) is 21.4 Å². The van der Waals surface area contributed by atoms with Gasteiger partial charge in [-0.3, -0.25) is 15.1 Å². The first-order valence-corrected chi connectivity index (χ1v) is 10.5. The second-order valence-electron chi connectivity index (χ2n) is 7.95. The normalized spacial score (nSPS) is 14.9. The van der Waals surface area contributed by atoms with Crippen molar-refractivity contribution in [3.63, 3.8) is 0 Å². The van der Waals surface area contributed by atoms with Crippen LogP contribution in [0.3, 0.4) is 0 Å². The summed E-state index contributed by atoms with van der Waals surface area (Å²) in [6, 6.07) is 11.3. The SMILES string of the molecule is COc1ccc2ncc(C#N)c(CCN3CCC(N(C)c4ccc([N+](=O)[O-])o4)CC3)c2c1. The minimum Gasteiger partial charge on any atom is -0.497 e. The molecule has 0 aliphatic carbocycles. The molecule has 1 aliphatic rings. The van der Waals surface area contributed by atoms with Crippen molar-refractivity contribution in [1.29, 1.82) is 5.26 Å². The van der Waals surface area contributed by atoms with E-state index in [-0.39, 0.29) is 11.9 Å². The molecular formula is C23H25N5O4. The van der Waals surface area contributed by atoms with Crippen LogP contribution in [0.5, 0.6) is 5.75 Å². The highest BCUT2D eigenvalue weighted by Crippen LogP contribution is 2.28. The molecule has 0 N–H and O–H groups in total. The molecule has 3 aromatic rings. The van der Waals surface area contributed by atoms with Gasteiger partial charge in [-0.1, -0.05) is 0 Å². The lowest BCUT2D eigenvalue weighted by atomic mass is 9.99. The Bertz CT molecular complexity index is 1160. The number of anilines is 1. The van der Waals surface area contributed by atoms with Gasteiger partial charge in [-0.05, 0) is 43.0 Å². The summed E-state index contributed by atoms with van der Waals surface area (Å²) >= 11 is 0. The van der Waals surface area contributed by atoms with Crippen molar-refractivity contribution in [2.24, 2.45) is 0 Å². The number of hydrogen-bond donors (Lipinski definition) is 0. The number of piperidine rings is 1. The largest absolute Gasteiger partial charge is 0.497 e. The first kappa shape index (κ1) is 21.6. The van der Waals surface area contributed by atoms with Crippen LogP contribution >= 0.6 is 0 Å². The number of nitro groups is 1. The molecule has 9 heteroatoms. The van der Waals surface area contributed by atoms with E-state index in [9.17, 15) is 15.4 Å². The molecule has 1 fully saturated rings. The van der Waals surface area contributed by atoms with E-state index >= 15 is 0 Å². The van der Waals surface area contributed by atoms with Crippen molar-refractivity contribution < 1.29 is 14.1 Å². The highest BCUT2D eigenvalue weighted by atomic mass is 16.6. The number of fused-ring (bicyclic) bond motifs is 1. The monoisotopic (exact) mass is 435 g/mol. The summed E-state index contributed by atoms with van der Waals surface area (Å²) in [6.45, 7) is 2.66. The molecule has 1 aromatic carbocycles. The fraction of sp³-hybridized carbons (Fsp3) is 0.391. The zero-order valence-corrected chi connectivity index (χ0v) is 18.2. The Morgan fingerprint density at radius 2 is 2.12 bits per heavy atom. The van der Waals surface area contributed by atoms with Gasteiger partial charge < -0.3 is 19.0 Å². The number of benzene rings is 1. The standard InChI is InChI=1S/C23H25N5O4/c1-26(22-5-6-23(32-22)28(29)30)17-7-10-27(11-8-17)12-9-19-16(14-24)15-25-21-4-3-18(31-2)13-20(19)21/h3-6,13,15,17H,7-12H2,1-2H3. The van der Waals surface area contributed by atoms with Crippen molar-refractivity contribution in [3.05, 3.63) is 57.8 Å². The third-order valence-corrected chi connectivity index (χ3v) is 6.20. The third kappa shape index (κ3) is 4.36. The van der Waals surface area contributed by atoms with E-state index in [4.69, 9.17) is 9.15 Å². The van der Waals surface area contributed by atoms with Crippen LogP contribution < -0.4 is 9.64 Å². The molecule has 0 unspecified atom stereocenters. The Morgan fingerprint density at radius 3 is 2.78 bits per heavy atom. The van der Waals surface area contributed by atoms with Crippen LogP contribution in [0.2, 0.25) is 0 Å². The molecule has 0 saturated carbocycles. The van der Waals surface area contributed by atoms with Crippen molar-refractivity contribution in [3.8, 4) is 11.8 Å². The van der Waals surface area contributed by atoms with Gasteiger partial charge in [-0.2, -0.15) is 5.26 Å². The van der Waals surface area contributed by atoms with Gasteiger partial charge in [-0.15, -0.1) is 0 Å². The van der Waals surface area contributed by atoms with E-state index in [0.717, 1.165) is 61.1 Å². The molecule has 4 rings (SSSR count). The lowest BCUT2D eigenvalue weighted by molar-refractivity contribution is -0.401. The van der Waals surface area contributed by atoms with Crippen LogP contribution in [0.15, 0.2) is 40.9 Å². The molecule has 0 bridgehead atoms. The van der Waals surface area contributed by atoms with Gasteiger partial charge in [0.1, 0.15) is 16.7 Å². The second kappa shape index (κ2) is 9.24. The van der Waals surface area contributed by atoms with E-state index < -0.39 is 4.92 Å². The maximum atomic E-state index is 10.9. The average Bonchev–Trinajstić information content (AvgIpc) is 3.32. The number of rotatable bonds is 7. The Labute approximate surface area is 186 Å². The number of furan rings is 1. The molecular weight excluding hydrogens is 410 g/mol. The summed E-state index contributed by atoms with van der Waals surface area (Å²) in [5.74, 6) is 1.03. The van der Waals surface area contributed by atoms with E-state index in [0.29, 0.717) is 11.4 Å². The predicted octanol–water partition coefficient (Wildman–Crippen LogP) is 3.76. The smallest absolute Gasteiger partial charge is 0.434 e. The van der Waals surface area contributed by atoms with Crippen molar-refractivity contribution in [2.75, 3.05) is 38.7 Å². The molecule has 32 heavy (non-hydrogen) atoms. The molecule has 2 aromatic heterocycles. The van der Waals surface area contributed by atoms with Crippen LogP contribution in [-0.2, 0) is 6.42 Å². The molecule has 0 amide bonds. The lowest BCUT2D eigenvalue weighted by Crippen LogP contribution is -2.44. The first-order valence-electron chi connectivity index (χ1n) is 10.5. The van der Waals surface area contributed by atoms with E-state index in [1.165, 1.54) is 6.07 Å². The summed E-state index contributed by atoms with van der Waals surface area (Å²) < 4.78 is 10.7. The fourth-order valence-corrected chi connectivity index (χ4v) is 4.30. The number of hydrogen-bond acceptors (Lipinski definition) is 8. The summed E-state index contributed by atoms with van der Waals surface area (Å²) in [6.07, 6.45) is 4.26. The maximum absolute atomic E-state index is 10.9. The quantitative estimate of drug-likeness (QED) is 0.408. The number of pyridine rings is 1. The van der Waals surface area contributed by atoms with Gasteiger partial charge in [-0.25, -0.2) is 0 Å². The van der Waals surface area contributed by atoms with Gasteiger partial charge in [0.15, 0.2) is 0 Å². The number of likely N-dealkylation sites (tertiary alicyclic amines) is 1. The lowest BCUT2D eigenvalue weighted by Gasteiger charge is -2.36. The molecule has 9 nitrogen and oxygen atoms in total. The fourth-order valence-electron chi connectivity index (χ4n) is 4.30. The van der Waals surface area contributed by atoms with Gasteiger partial charge in [0, 0.05) is 50.4 Å². The Morgan fingerprint density at radius 1 is 1.34 bits per heavy atom. The van der Waals surface area contributed by atoms with Gasteiger partial charge >= 0.3 is 5.88 Å². The minimum absolute atomic E-state index is 0.237. The van der Waals surface area contributed by atoms with Gasteiger partial charge in [0.25, 0.3) is 0 Å². The number of aromatic nitrogens is 1. The number of ether oxygens (including phenoxy) is 1. The molecule has 0 spiro atoms. The number of methoxy groups -OCH3 is 1. The van der Waals surface area contributed by atoms with Crippen LogP contribution in [0.1, 0.15) is 24.0 Å². The van der Waals surface area contributed by atoms with Crippen LogP contribution in [-0.4, -0.2) is 54.6 Å². The first-order chi connectivity index (χ1) is 15.5. The zero-order chi connectivity index (χ0) is 22.7. The van der Waals surface area contributed by atoms with E-state index in [2.05, 4.69) is 16.0 Å². The van der Waals surface area contributed by atoms with Crippen LogP contribution in [0.4, 0.5) is 11.8 Å². The Balaban J connectivity index is 1.40. The van der Waals surface area contributed by atoms with E-state index in [1.54, 1.807) is 19.4 Å². The topological polar surface area (TPSA) is 109 Å². The van der Waals surface area contributed by atoms with Crippen molar-refractivity contribution in [2.45, 2.75) is 25.3 Å². The molecule has 1 aliphatic heterocycles. The summed E-state index contributed by atoms with van der Waals surface area (Å²) in [7, 11) is 3.54. The average molecular weight is 435 g/mol.